The van der Waals surface area contributed by atoms with Crippen LogP contribution in [0.15, 0.2) is 18.2 Å². The normalized spacial score (nSPS) is 22.1. The number of thioether (sulfide) groups is 1. The van der Waals surface area contributed by atoms with E-state index in [4.69, 9.17) is 15.2 Å². The smallest absolute Gasteiger partial charge is 0.162 e. The van der Waals surface area contributed by atoms with Crippen molar-refractivity contribution < 1.29 is 9.47 Å². The molecule has 0 amide bonds. The maximum atomic E-state index is 6.62. The third-order valence-corrected chi connectivity index (χ3v) is 5.60. The van der Waals surface area contributed by atoms with E-state index in [1.165, 1.54) is 24.8 Å². The fourth-order valence-corrected chi connectivity index (χ4v) is 3.58. The number of benzene rings is 1. The lowest BCUT2D eigenvalue weighted by molar-refractivity contribution is 0.226. The highest BCUT2D eigenvalue weighted by molar-refractivity contribution is 8.00. The molecule has 0 unspecified atom stereocenters. The molecule has 0 bridgehead atoms. The van der Waals surface area contributed by atoms with E-state index >= 15 is 0 Å². The molecule has 110 valence electrons. The molecule has 0 atom stereocenters. The predicted octanol–water partition coefficient (Wildman–Crippen LogP) is 3.31. The van der Waals surface area contributed by atoms with Gasteiger partial charge in [-0.2, -0.15) is 11.8 Å². The average Bonchev–Trinajstić information content (AvgIpc) is 2.43. The summed E-state index contributed by atoms with van der Waals surface area (Å²) < 4.78 is 11.5. The molecule has 2 fully saturated rings. The molecule has 2 N–H and O–H groups in total. The molecule has 1 aliphatic carbocycles. The summed E-state index contributed by atoms with van der Waals surface area (Å²) in [5.41, 5.74) is 7.63. The van der Waals surface area contributed by atoms with Crippen molar-refractivity contribution in [3.63, 3.8) is 0 Å². The molecule has 0 spiro atoms. The molecule has 2 aliphatic rings. The van der Waals surface area contributed by atoms with Gasteiger partial charge in [0.15, 0.2) is 11.5 Å². The quantitative estimate of drug-likeness (QED) is 0.925. The van der Waals surface area contributed by atoms with Gasteiger partial charge >= 0.3 is 0 Å². The molecule has 1 aromatic rings. The maximum Gasteiger partial charge on any atom is 0.162 e. The van der Waals surface area contributed by atoms with Crippen LogP contribution in [0.25, 0.3) is 0 Å². The van der Waals surface area contributed by atoms with Crippen molar-refractivity contribution in [3.8, 4) is 11.5 Å². The second-order valence-corrected chi connectivity index (χ2v) is 6.93. The number of ether oxygens (including phenoxy) is 2. The van der Waals surface area contributed by atoms with Crippen LogP contribution >= 0.6 is 11.8 Å². The van der Waals surface area contributed by atoms with Crippen LogP contribution in [0.2, 0.25) is 0 Å². The van der Waals surface area contributed by atoms with Crippen molar-refractivity contribution in [3.05, 3.63) is 23.8 Å². The van der Waals surface area contributed by atoms with Gasteiger partial charge in [-0.15, -0.1) is 0 Å². The van der Waals surface area contributed by atoms with Gasteiger partial charge in [0.1, 0.15) is 6.10 Å². The third kappa shape index (κ3) is 2.77. The highest BCUT2D eigenvalue weighted by atomic mass is 32.2. The van der Waals surface area contributed by atoms with E-state index in [0.717, 1.165) is 35.8 Å². The van der Waals surface area contributed by atoms with Gasteiger partial charge in [-0.3, -0.25) is 0 Å². The van der Waals surface area contributed by atoms with E-state index in [-0.39, 0.29) is 5.54 Å². The van der Waals surface area contributed by atoms with Gasteiger partial charge in [0.25, 0.3) is 0 Å². The lowest BCUT2D eigenvalue weighted by Crippen LogP contribution is -2.38. The molecule has 1 aromatic carbocycles. The molecule has 4 heteroatoms. The molecular weight excluding hydrogens is 270 g/mol. The Hall–Kier alpha value is -0.870. The van der Waals surface area contributed by atoms with Gasteiger partial charge in [0.05, 0.1) is 7.11 Å². The number of methoxy groups -OCH3 is 1. The molecule has 20 heavy (non-hydrogen) atoms. The van der Waals surface area contributed by atoms with Crippen LogP contribution < -0.4 is 15.2 Å². The van der Waals surface area contributed by atoms with E-state index in [1.54, 1.807) is 7.11 Å². The van der Waals surface area contributed by atoms with Crippen molar-refractivity contribution in [1.82, 2.24) is 0 Å². The largest absolute Gasteiger partial charge is 0.493 e. The van der Waals surface area contributed by atoms with E-state index in [9.17, 15) is 0 Å². The predicted molar refractivity (Wildman–Crippen MR) is 83.7 cm³/mol. The Bertz CT molecular complexity index is 468. The highest BCUT2D eigenvalue weighted by Gasteiger charge is 2.31. The number of hydrogen-bond donors (Lipinski definition) is 1. The molecule has 3 nitrogen and oxygen atoms in total. The molecule has 1 aliphatic heterocycles. The molecule has 1 saturated heterocycles. The van der Waals surface area contributed by atoms with Crippen LogP contribution in [0.1, 0.15) is 37.7 Å². The van der Waals surface area contributed by atoms with Gasteiger partial charge in [-0.05, 0) is 30.5 Å². The monoisotopic (exact) mass is 293 g/mol. The average molecular weight is 293 g/mol. The lowest BCUT2D eigenvalue weighted by Gasteiger charge is -2.35. The third-order valence-electron chi connectivity index (χ3n) is 4.39. The zero-order valence-electron chi connectivity index (χ0n) is 12.1. The van der Waals surface area contributed by atoms with Crippen LogP contribution in [0, 0.1) is 0 Å². The fourth-order valence-electron chi connectivity index (χ4n) is 3.01. The Morgan fingerprint density at radius 3 is 2.50 bits per heavy atom. The standard InChI is InChI=1S/C16H23NO2S/c1-18-14-6-5-12(16(17)7-3-2-4-8-16)9-15(14)19-13-10-20-11-13/h5-6,9,13H,2-4,7-8,10-11,17H2,1H3. The second kappa shape index (κ2) is 5.86. The summed E-state index contributed by atoms with van der Waals surface area (Å²) in [6.07, 6.45) is 6.20. The topological polar surface area (TPSA) is 44.5 Å². The first kappa shape index (κ1) is 14.1. The van der Waals surface area contributed by atoms with E-state index in [0.29, 0.717) is 6.10 Å². The zero-order chi connectivity index (χ0) is 14.0. The Labute approximate surface area is 125 Å². The second-order valence-electron chi connectivity index (χ2n) is 5.86. The molecular formula is C16H23NO2S. The summed E-state index contributed by atoms with van der Waals surface area (Å²) in [4.78, 5) is 0. The maximum absolute atomic E-state index is 6.62. The van der Waals surface area contributed by atoms with Gasteiger partial charge in [0.2, 0.25) is 0 Å². The summed E-state index contributed by atoms with van der Waals surface area (Å²) in [6.45, 7) is 0. The molecule has 0 radical (unpaired) electrons. The van der Waals surface area contributed by atoms with E-state index in [1.807, 2.05) is 17.8 Å². The van der Waals surface area contributed by atoms with Crippen molar-refractivity contribution in [2.24, 2.45) is 5.73 Å². The van der Waals surface area contributed by atoms with Gasteiger partial charge in [-0.1, -0.05) is 25.3 Å². The summed E-state index contributed by atoms with van der Waals surface area (Å²) in [6, 6.07) is 6.21. The van der Waals surface area contributed by atoms with Crippen LogP contribution in [-0.2, 0) is 5.54 Å². The SMILES string of the molecule is COc1ccc(C2(N)CCCCC2)cc1OC1CSC1. The fraction of sp³-hybridized carbons (Fsp3) is 0.625. The number of rotatable bonds is 4. The Kier molecular flexibility index (Phi) is 4.13. The van der Waals surface area contributed by atoms with Crippen LogP contribution in [-0.4, -0.2) is 24.7 Å². The first-order chi connectivity index (χ1) is 9.71. The summed E-state index contributed by atoms with van der Waals surface area (Å²) >= 11 is 1.92. The number of nitrogens with two attached hydrogens (primary N) is 1. The summed E-state index contributed by atoms with van der Waals surface area (Å²) in [7, 11) is 1.69. The molecule has 1 saturated carbocycles. The van der Waals surface area contributed by atoms with Crippen molar-refractivity contribution in [1.29, 1.82) is 0 Å². The molecule has 1 heterocycles. The van der Waals surface area contributed by atoms with Crippen LogP contribution in [0.4, 0.5) is 0 Å². The van der Waals surface area contributed by atoms with Gasteiger partial charge in [0, 0.05) is 17.0 Å². The molecule has 0 aromatic heterocycles. The first-order valence-corrected chi connectivity index (χ1v) is 8.58. The Morgan fingerprint density at radius 1 is 1.15 bits per heavy atom. The lowest BCUT2D eigenvalue weighted by atomic mass is 9.77. The molecule has 3 rings (SSSR count). The Balaban J connectivity index is 1.85. The zero-order valence-corrected chi connectivity index (χ0v) is 12.9. The van der Waals surface area contributed by atoms with Crippen LogP contribution in [0.5, 0.6) is 11.5 Å². The van der Waals surface area contributed by atoms with Crippen LogP contribution in [0.3, 0.4) is 0 Å². The van der Waals surface area contributed by atoms with Crippen molar-refractivity contribution in [2.45, 2.75) is 43.7 Å². The van der Waals surface area contributed by atoms with Gasteiger partial charge in [-0.25, -0.2) is 0 Å². The van der Waals surface area contributed by atoms with Crippen molar-refractivity contribution in [2.75, 3.05) is 18.6 Å². The first-order valence-electron chi connectivity index (χ1n) is 7.43. The van der Waals surface area contributed by atoms with E-state index < -0.39 is 0 Å². The van der Waals surface area contributed by atoms with Gasteiger partial charge < -0.3 is 15.2 Å². The minimum absolute atomic E-state index is 0.184. The summed E-state index contributed by atoms with van der Waals surface area (Å²) in [5.74, 6) is 3.80. The minimum Gasteiger partial charge on any atom is -0.493 e. The van der Waals surface area contributed by atoms with Crippen molar-refractivity contribution >= 4 is 11.8 Å². The number of hydrogen-bond acceptors (Lipinski definition) is 4. The highest BCUT2D eigenvalue weighted by Crippen LogP contribution is 2.39. The van der Waals surface area contributed by atoms with E-state index in [2.05, 4.69) is 12.1 Å². The summed E-state index contributed by atoms with van der Waals surface area (Å²) in [5, 5.41) is 0. The Morgan fingerprint density at radius 2 is 1.90 bits per heavy atom. The minimum atomic E-state index is -0.184.